The third kappa shape index (κ3) is 3.44. The molecule has 0 saturated carbocycles. The van der Waals surface area contributed by atoms with Crippen molar-refractivity contribution in [3.8, 4) is 5.75 Å². The molecule has 0 fully saturated rings. The molecule has 84 valence electrons. The van der Waals surface area contributed by atoms with E-state index in [0.717, 1.165) is 0 Å². The average molecular weight is 270 g/mol. The Hall–Kier alpha value is -0.650. The van der Waals surface area contributed by atoms with Crippen LogP contribution in [0.1, 0.15) is 0 Å². The monoisotopic (exact) mass is 269 g/mol. The minimum absolute atomic E-state index is 0.358. The van der Waals surface area contributed by atoms with Gasteiger partial charge in [-0.15, -0.1) is 11.6 Å². The molecule has 1 aromatic carbocycles. The van der Waals surface area contributed by atoms with Crippen LogP contribution in [0.5, 0.6) is 5.75 Å². The van der Waals surface area contributed by atoms with Gasteiger partial charge in [0.1, 0.15) is 11.0 Å². The van der Waals surface area contributed by atoms with E-state index in [-0.39, 0.29) is 0 Å². The summed E-state index contributed by atoms with van der Waals surface area (Å²) in [4.78, 5) is 0. The van der Waals surface area contributed by atoms with Crippen molar-refractivity contribution >= 4 is 38.9 Å². The Labute approximate surface area is 98.2 Å². The van der Waals surface area contributed by atoms with Gasteiger partial charge in [-0.25, -0.2) is 8.42 Å². The number of ether oxygens (including phenoxy) is 1. The number of methoxy groups -OCH3 is 1. The van der Waals surface area contributed by atoms with Crippen molar-refractivity contribution in [1.82, 2.24) is 0 Å². The van der Waals surface area contributed by atoms with Crippen molar-refractivity contribution in [2.75, 3.05) is 17.0 Å². The highest BCUT2D eigenvalue weighted by Crippen LogP contribution is 2.27. The number of halogens is 2. The molecule has 0 unspecified atom stereocenters. The van der Waals surface area contributed by atoms with Crippen molar-refractivity contribution in [1.29, 1.82) is 0 Å². The zero-order chi connectivity index (χ0) is 11.5. The lowest BCUT2D eigenvalue weighted by Gasteiger charge is -2.08. The fourth-order valence-electron chi connectivity index (χ4n) is 0.930. The van der Waals surface area contributed by atoms with Crippen LogP contribution in [0.2, 0.25) is 5.02 Å². The number of nitrogens with one attached hydrogen (secondary N) is 1. The third-order valence-corrected chi connectivity index (χ3v) is 3.58. The molecule has 0 heterocycles. The van der Waals surface area contributed by atoms with Crippen molar-refractivity contribution in [2.45, 2.75) is 0 Å². The minimum atomic E-state index is -3.49. The molecule has 0 aliphatic rings. The summed E-state index contributed by atoms with van der Waals surface area (Å²) in [6.45, 7) is 0. The molecule has 7 heteroatoms. The number of anilines is 1. The summed E-state index contributed by atoms with van der Waals surface area (Å²) in [5.74, 6) is 0.395. The molecule has 1 aromatic rings. The summed E-state index contributed by atoms with van der Waals surface area (Å²) < 4.78 is 29.5. The van der Waals surface area contributed by atoms with E-state index in [9.17, 15) is 8.42 Å². The minimum Gasteiger partial charge on any atom is -0.495 e. The van der Waals surface area contributed by atoms with Crippen LogP contribution in [-0.4, -0.2) is 20.7 Å². The molecule has 1 rings (SSSR count). The molecule has 0 atom stereocenters. The highest BCUT2D eigenvalue weighted by atomic mass is 35.5. The van der Waals surface area contributed by atoms with Crippen molar-refractivity contribution in [3.05, 3.63) is 23.2 Å². The number of hydrogen-bond acceptors (Lipinski definition) is 3. The molecule has 0 radical (unpaired) electrons. The Kier molecular flexibility index (Phi) is 4.07. The molecule has 15 heavy (non-hydrogen) atoms. The lowest BCUT2D eigenvalue weighted by molar-refractivity contribution is 0.415. The Bertz CT molecular complexity index is 447. The number of benzene rings is 1. The summed E-state index contributed by atoms with van der Waals surface area (Å²) >= 11 is 11.0. The summed E-state index contributed by atoms with van der Waals surface area (Å²) in [6.07, 6.45) is 0. The van der Waals surface area contributed by atoms with Crippen LogP contribution in [0.4, 0.5) is 5.69 Å². The van der Waals surface area contributed by atoms with E-state index >= 15 is 0 Å². The topological polar surface area (TPSA) is 55.4 Å². The molecule has 4 nitrogen and oxygen atoms in total. The van der Waals surface area contributed by atoms with E-state index < -0.39 is 15.2 Å². The van der Waals surface area contributed by atoms with Crippen LogP contribution < -0.4 is 9.46 Å². The van der Waals surface area contributed by atoms with Gasteiger partial charge >= 0.3 is 0 Å². The SMILES string of the molecule is COc1cc(NS(=O)(=O)CCl)ccc1Cl. The van der Waals surface area contributed by atoms with Crippen LogP contribution in [0.25, 0.3) is 0 Å². The van der Waals surface area contributed by atoms with Gasteiger partial charge in [-0.2, -0.15) is 0 Å². The fraction of sp³-hybridized carbons (Fsp3) is 0.250. The maximum Gasteiger partial charge on any atom is 0.246 e. The first-order chi connectivity index (χ1) is 6.98. The van der Waals surface area contributed by atoms with Gasteiger partial charge in [0.05, 0.1) is 17.8 Å². The molecule has 0 aromatic heterocycles. The number of sulfonamides is 1. The van der Waals surface area contributed by atoms with E-state index in [4.69, 9.17) is 27.9 Å². The van der Waals surface area contributed by atoms with Crippen LogP contribution in [-0.2, 0) is 10.0 Å². The highest BCUT2D eigenvalue weighted by Gasteiger charge is 2.09. The van der Waals surface area contributed by atoms with Gasteiger partial charge in [0.25, 0.3) is 0 Å². The largest absolute Gasteiger partial charge is 0.495 e. The van der Waals surface area contributed by atoms with Gasteiger partial charge in [0.2, 0.25) is 10.0 Å². The maximum atomic E-state index is 11.1. The summed E-state index contributed by atoms with van der Waals surface area (Å²) in [6, 6.07) is 4.54. The van der Waals surface area contributed by atoms with Crippen LogP contribution in [0.15, 0.2) is 18.2 Å². The number of rotatable bonds is 4. The molecule has 0 amide bonds. The maximum absolute atomic E-state index is 11.1. The standard InChI is InChI=1S/C8H9Cl2NO3S/c1-14-8-4-6(2-3-7(8)10)11-15(12,13)5-9/h2-4,11H,5H2,1H3. The predicted molar refractivity (Wildman–Crippen MR) is 61.3 cm³/mol. The first-order valence-corrected chi connectivity index (χ1v) is 6.45. The van der Waals surface area contributed by atoms with E-state index in [1.165, 1.54) is 25.3 Å². The summed E-state index contributed by atoms with van der Waals surface area (Å²) in [5.41, 5.74) is 0.358. The Morgan fingerprint density at radius 1 is 1.47 bits per heavy atom. The molecule has 1 N–H and O–H groups in total. The first-order valence-electron chi connectivity index (χ1n) is 3.88. The van der Waals surface area contributed by atoms with Crippen LogP contribution >= 0.6 is 23.2 Å². The third-order valence-electron chi connectivity index (χ3n) is 1.57. The fourth-order valence-corrected chi connectivity index (χ4v) is 1.83. The Morgan fingerprint density at radius 2 is 2.13 bits per heavy atom. The van der Waals surface area contributed by atoms with Crippen molar-refractivity contribution in [3.63, 3.8) is 0 Å². The van der Waals surface area contributed by atoms with E-state index in [2.05, 4.69) is 4.72 Å². The van der Waals surface area contributed by atoms with Gasteiger partial charge in [0.15, 0.2) is 0 Å². The van der Waals surface area contributed by atoms with Crippen LogP contribution in [0.3, 0.4) is 0 Å². The van der Waals surface area contributed by atoms with Gasteiger partial charge in [0, 0.05) is 6.07 Å². The van der Waals surface area contributed by atoms with Gasteiger partial charge < -0.3 is 4.74 Å². The van der Waals surface area contributed by atoms with Gasteiger partial charge in [-0.1, -0.05) is 11.6 Å². The second kappa shape index (κ2) is 4.92. The molecular weight excluding hydrogens is 261 g/mol. The molecule has 0 aliphatic carbocycles. The summed E-state index contributed by atoms with van der Waals surface area (Å²) in [7, 11) is -2.05. The van der Waals surface area contributed by atoms with Crippen molar-refractivity contribution < 1.29 is 13.2 Å². The normalized spacial score (nSPS) is 11.1. The van der Waals surface area contributed by atoms with E-state index in [1.807, 2.05) is 0 Å². The molecule has 0 bridgehead atoms. The van der Waals surface area contributed by atoms with Crippen molar-refractivity contribution in [2.24, 2.45) is 0 Å². The zero-order valence-electron chi connectivity index (χ0n) is 7.83. The van der Waals surface area contributed by atoms with Gasteiger partial charge in [-0.3, -0.25) is 4.72 Å². The smallest absolute Gasteiger partial charge is 0.246 e. The zero-order valence-corrected chi connectivity index (χ0v) is 10.2. The van der Waals surface area contributed by atoms with E-state index in [0.29, 0.717) is 16.5 Å². The molecule has 0 spiro atoms. The molecule has 0 aliphatic heterocycles. The Morgan fingerprint density at radius 3 is 2.67 bits per heavy atom. The quantitative estimate of drug-likeness (QED) is 0.854. The lowest BCUT2D eigenvalue weighted by Crippen LogP contribution is -2.13. The average Bonchev–Trinajstić information content (AvgIpc) is 2.20. The highest BCUT2D eigenvalue weighted by molar-refractivity contribution is 7.93. The number of alkyl halides is 1. The summed E-state index contributed by atoms with van der Waals surface area (Å²) in [5, 5.41) is -0.0934. The second-order valence-electron chi connectivity index (χ2n) is 2.68. The van der Waals surface area contributed by atoms with Gasteiger partial charge in [-0.05, 0) is 12.1 Å². The van der Waals surface area contributed by atoms with E-state index in [1.54, 1.807) is 0 Å². The lowest BCUT2D eigenvalue weighted by atomic mass is 10.3. The first kappa shape index (κ1) is 12.4. The second-order valence-corrected chi connectivity index (χ2v) is 5.39. The molecule has 0 saturated heterocycles. The Balaban J connectivity index is 2.98. The van der Waals surface area contributed by atoms with Crippen LogP contribution in [0, 0.1) is 0 Å². The predicted octanol–water partition coefficient (Wildman–Crippen LogP) is 2.29. The molecular formula is C8H9Cl2NO3S. The number of hydrogen-bond donors (Lipinski definition) is 1.